The van der Waals surface area contributed by atoms with E-state index in [0.717, 1.165) is 43.5 Å². The molecule has 1 aromatic carbocycles. The molecule has 2 aliphatic rings. The van der Waals surface area contributed by atoms with Gasteiger partial charge in [0.25, 0.3) is 0 Å². The molecule has 0 radical (unpaired) electrons. The average molecular weight is 347 g/mol. The lowest BCUT2D eigenvalue weighted by Gasteiger charge is -2.29. The van der Waals surface area contributed by atoms with Crippen LogP contribution in [0.4, 0.5) is 0 Å². The summed E-state index contributed by atoms with van der Waals surface area (Å²) in [5.41, 5.74) is 1.27. The maximum atomic E-state index is 6.22. The molecule has 1 atom stereocenters. The van der Waals surface area contributed by atoms with Gasteiger partial charge in [0.2, 0.25) is 0 Å². The van der Waals surface area contributed by atoms with Crippen LogP contribution in [0.2, 0.25) is 5.02 Å². The quantitative estimate of drug-likeness (QED) is 0.488. The Bertz CT molecular complexity index is 585. The Morgan fingerprint density at radius 1 is 1.29 bits per heavy atom. The van der Waals surface area contributed by atoms with Gasteiger partial charge in [-0.3, -0.25) is 9.89 Å². The Morgan fingerprint density at radius 3 is 2.71 bits per heavy atom. The van der Waals surface area contributed by atoms with Gasteiger partial charge >= 0.3 is 0 Å². The highest BCUT2D eigenvalue weighted by molar-refractivity contribution is 6.30. The summed E-state index contributed by atoms with van der Waals surface area (Å²) in [4.78, 5) is 6.93. The van der Waals surface area contributed by atoms with Crippen LogP contribution < -0.4 is 10.6 Å². The van der Waals surface area contributed by atoms with Crippen LogP contribution in [0.15, 0.2) is 41.4 Å². The second-order valence-corrected chi connectivity index (χ2v) is 6.99. The number of likely N-dealkylation sites (tertiary alicyclic amines) is 1. The van der Waals surface area contributed by atoms with Crippen LogP contribution >= 0.6 is 11.6 Å². The van der Waals surface area contributed by atoms with E-state index in [4.69, 9.17) is 11.6 Å². The van der Waals surface area contributed by atoms with Crippen molar-refractivity contribution in [1.29, 1.82) is 0 Å². The fourth-order valence-electron chi connectivity index (χ4n) is 3.54. The van der Waals surface area contributed by atoms with E-state index in [1.807, 2.05) is 19.2 Å². The van der Waals surface area contributed by atoms with Crippen LogP contribution in [0.25, 0.3) is 0 Å². The summed E-state index contributed by atoms with van der Waals surface area (Å²) in [6.45, 7) is 3.13. The fraction of sp³-hybridized carbons (Fsp3) is 0.526. The smallest absolute Gasteiger partial charge is 0.191 e. The van der Waals surface area contributed by atoms with E-state index in [-0.39, 0.29) is 0 Å². The molecule has 130 valence electrons. The third-order valence-corrected chi connectivity index (χ3v) is 5.09. The first-order valence-electron chi connectivity index (χ1n) is 8.88. The van der Waals surface area contributed by atoms with Crippen molar-refractivity contribution in [1.82, 2.24) is 15.5 Å². The lowest BCUT2D eigenvalue weighted by atomic mass is 10.1. The van der Waals surface area contributed by atoms with Crippen LogP contribution in [0, 0.1) is 0 Å². The molecule has 0 amide bonds. The molecule has 1 aliphatic carbocycles. The Morgan fingerprint density at radius 2 is 2.04 bits per heavy atom. The molecular weight excluding hydrogens is 320 g/mol. The van der Waals surface area contributed by atoms with Gasteiger partial charge < -0.3 is 10.6 Å². The van der Waals surface area contributed by atoms with E-state index in [1.165, 1.54) is 18.4 Å². The molecule has 3 rings (SSSR count). The number of nitrogens with zero attached hydrogens (tertiary/aromatic N) is 2. The molecule has 1 aromatic rings. The van der Waals surface area contributed by atoms with Crippen LogP contribution in [-0.4, -0.2) is 43.6 Å². The van der Waals surface area contributed by atoms with Gasteiger partial charge in [-0.15, -0.1) is 0 Å². The Kier molecular flexibility index (Phi) is 6.16. The van der Waals surface area contributed by atoms with E-state index in [1.54, 1.807) is 0 Å². The molecule has 0 saturated carbocycles. The molecule has 1 unspecified atom stereocenters. The van der Waals surface area contributed by atoms with Gasteiger partial charge in [0.15, 0.2) is 5.96 Å². The third-order valence-electron chi connectivity index (χ3n) is 4.85. The summed E-state index contributed by atoms with van der Waals surface area (Å²) < 4.78 is 0. The standard InChI is InChI=1S/C19H27ClN4/c1-21-19(23-17-9-2-3-10-17)22-14-18(24-11-4-5-12-24)15-7-6-8-16(20)13-15/h2-3,6-8,13,17-18H,4-5,9-12,14H2,1H3,(H2,21,22,23). The number of halogens is 1. The van der Waals surface area contributed by atoms with Crippen molar-refractivity contribution in [3.05, 3.63) is 47.0 Å². The number of rotatable bonds is 5. The van der Waals surface area contributed by atoms with Gasteiger partial charge in [-0.05, 0) is 56.5 Å². The summed E-state index contributed by atoms with van der Waals surface area (Å²) >= 11 is 6.22. The Balaban J connectivity index is 1.64. The van der Waals surface area contributed by atoms with E-state index in [0.29, 0.717) is 12.1 Å². The number of benzene rings is 1. The number of aliphatic imine (C=N–C) groups is 1. The second-order valence-electron chi connectivity index (χ2n) is 6.55. The molecule has 2 N–H and O–H groups in total. The minimum absolute atomic E-state index is 0.325. The van der Waals surface area contributed by atoms with E-state index < -0.39 is 0 Å². The highest BCUT2D eigenvalue weighted by Crippen LogP contribution is 2.26. The molecule has 5 heteroatoms. The van der Waals surface area contributed by atoms with Gasteiger partial charge in [0, 0.05) is 24.7 Å². The van der Waals surface area contributed by atoms with E-state index >= 15 is 0 Å². The maximum Gasteiger partial charge on any atom is 0.191 e. The van der Waals surface area contributed by atoms with Crippen molar-refractivity contribution < 1.29 is 0 Å². The summed E-state index contributed by atoms with van der Waals surface area (Å²) in [5.74, 6) is 0.884. The van der Waals surface area contributed by atoms with Crippen molar-refractivity contribution in [3.63, 3.8) is 0 Å². The average Bonchev–Trinajstić information content (AvgIpc) is 3.28. The van der Waals surface area contributed by atoms with Crippen molar-refractivity contribution >= 4 is 17.6 Å². The van der Waals surface area contributed by atoms with E-state index in [9.17, 15) is 0 Å². The molecule has 0 spiro atoms. The monoisotopic (exact) mass is 346 g/mol. The first-order chi connectivity index (χ1) is 11.8. The van der Waals surface area contributed by atoms with Crippen LogP contribution in [0.5, 0.6) is 0 Å². The van der Waals surface area contributed by atoms with Gasteiger partial charge in [0.05, 0.1) is 6.04 Å². The minimum atomic E-state index is 0.325. The zero-order chi connectivity index (χ0) is 16.8. The summed E-state index contributed by atoms with van der Waals surface area (Å²) in [5, 5.41) is 7.83. The summed E-state index contributed by atoms with van der Waals surface area (Å²) in [6, 6.07) is 9.03. The molecule has 24 heavy (non-hydrogen) atoms. The Labute approximate surface area is 150 Å². The molecule has 1 aliphatic heterocycles. The molecule has 0 bridgehead atoms. The van der Waals surface area contributed by atoms with Crippen molar-refractivity contribution in [2.24, 2.45) is 4.99 Å². The van der Waals surface area contributed by atoms with Gasteiger partial charge in [-0.1, -0.05) is 35.9 Å². The molecule has 4 nitrogen and oxygen atoms in total. The first kappa shape index (κ1) is 17.3. The first-order valence-corrected chi connectivity index (χ1v) is 9.26. The molecule has 1 fully saturated rings. The SMILES string of the molecule is CN=C(NCC(c1cccc(Cl)c1)N1CCCC1)NC1CC=CC1. The van der Waals surface area contributed by atoms with Gasteiger partial charge in [-0.2, -0.15) is 0 Å². The third kappa shape index (κ3) is 4.52. The van der Waals surface area contributed by atoms with Gasteiger partial charge in [0.1, 0.15) is 0 Å². The van der Waals surface area contributed by atoms with E-state index in [2.05, 4.69) is 44.8 Å². The lowest BCUT2D eigenvalue weighted by Crippen LogP contribution is -2.45. The normalized spacial score (nSPS) is 20.5. The summed E-state index contributed by atoms with van der Waals surface area (Å²) in [7, 11) is 1.84. The fourth-order valence-corrected chi connectivity index (χ4v) is 3.74. The zero-order valence-electron chi connectivity index (χ0n) is 14.3. The maximum absolute atomic E-state index is 6.22. The molecule has 0 aromatic heterocycles. The topological polar surface area (TPSA) is 39.7 Å². The highest BCUT2D eigenvalue weighted by atomic mass is 35.5. The van der Waals surface area contributed by atoms with Crippen LogP contribution in [-0.2, 0) is 0 Å². The number of nitrogens with one attached hydrogen (secondary N) is 2. The van der Waals surface area contributed by atoms with Crippen molar-refractivity contribution in [2.75, 3.05) is 26.7 Å². The zero-order valence-corrected chi connectivity index (χ0v) is 15.1. The second kappa shape index (κ2) is 8.54. The predicted octanol–water partition coefficient (Wildman–Crippen LogP) is 3.36. The lowest BCUT2D eigenvalue weighted by molar-refractivity contribution is 0.245. The van der Waals surface area contributed by atoms with Crippen molar-refractivity contribution in [3.8, 4) is 0 Å². The summed E-state index contributed by atoms with van der Waals surface area (Å²) in [6.07, 6.45) is 9.15. The number of hydrogen-bond acceptors (Lipinski definition) is 2. The van der Waals surface area contributed by atoms with Crippen LogP contribution in [0.3, 0.4) is 0 Å². The Hall–Kier alpha value is -1.52. The van der Waals surface area contributed by atoms with Gasteiger partial charge in [-0.25, -0.2) is 0 Å². The minimum Gasteiger partial charge on any atom is -0.354 e. The predicted molar refractivity (Wildman–Crippen MR) is 102 cm³/mol. The number of guanidine groups is 1. The van der Waals surface area contributed by atoms with Crippen molar-refractivity contribution in [2.45, 2.75) is 37.8 Å². The largest absolute Gasteiger partial charge is 0.354 e. The molecule has 1 saturated heterocycles. The molecular formula is C19H27ClN4. The highest BCUT2D eigenvalue weighted by Gasteiger charge is 2.24. The van der Waals surface area contributed by atoms with Crippen LogP contribution in [0.1, 0.15) is 37.3 Å². The number of hydrogen-bond donors (Lipinski definition) is 2. The molecule has 1 heterocycles.